The predicted molar refractivity (Wildman–Crippen MR) is 82.8 cm³/mol. The number of benzene rings is 3. The zero-order chi connectivity index (χ0) is 13.8. The first kappa shape index (κ1) is 12.3. The van der Waals surface area contributed by atoms with E-state index < -0.39 is 0 Å². The first-order valence-electron chi connectivity index (χ1n) is 6.50. The zero-order valence-electron chi connectivity index (χ0n) is 11.0. The van der Waals surface area contributed by atoms with Crippen LogP contribution in [0, 0.1) is 0 Å². The minimum atomic E-state index is 0.776. The summed E-state index contributed by atoms with van der Waals surface area (Å²) >= 11 is 0. The smallest absolute Gasteiger partial charge is 0.127 e. The molecule has 98 valence electrons. The molecule has 3 aromatic rings. The van der Waals surface area contributed by atoms with Crippen LogP contribution in [0.5, 0.6) is 11.5 Å². The van der Waals surface area contributed by atoms with Gasteiger partial charge >= 0.3 is 0 Å². The molecule has 0 fully saturated rings. The van der Waals surface area contributed by atoms with E-state index >= 15 is 0 Å². The first-order chi connectivity index (χ1) is 9.81. The van der Waals surface area contributed by atoms with Crippen LogP contribution in [0.3, 0.4) is 0 Å². The lowest BCUT2D eigenvalue weighted by molar-refractivity contribution is 0.483. The molecule has 0 spiro atoms. The van der Waals surface area contributed by atoms with Gasteiger partial charge in [-0.15, -0.1) is 0 Å². The Labute approximate surface area is 118 Å². The highest BCUT2D eigenvalue weighted by Crippen LogP contribution is 2.26. The number of rotatable bonds is 3. The fourth-order valence-corrected chi connectivity index (χ4v) is 2.02. The molecule has 0 saturated carbocycles. The van der Waals surface area contributed by atoms with Crippen molar-refractivity contribution in [1.82, 2.24) is 0 Å². The van der Waals surface area contributed by atoms with E-state index in [1.54, 1.807) is 0 Å². The zero-order valence-corrected chi connectivity index (χ0v) is 11.0. The van der Waals surface area contributed by atoms with Gasteiger partial charge < -0.3 is 10.5 Å². The summed E-state index contributed by atoms with van der Waals surface area (Å²) in [5, 5.41) is 0. The van der Waals surface area contributed by atoms with Gasteiger partial charge in [-0.3, -0.25) is 0 Å². The Kier molecular flexibility index (Phi) is 3.38. The van der Waals surface area contributed by atoms with Gasteiger partial charge in [-0.2, -0.15) is 0 Å². The second kappa shape index (κ2) is 5.49. The van der Waals surface area contributed by atoms with Crippen LogP contribution in [0.1, 0.15) is 0 Å². The van der Waals surface area contributed by atoms with Crippen molar-refractivity contribution in [3.8, 4) is 22.6 Å². The lowest BCUT2D eigenvalue weighted by Gasteiger charge is -2.07. The highest BCUT2D eigenvalue weighted by molar-refractivity contribution is 5.66. The van der Waals surface area contributed by atoms with Crippen LogP contribution in [0.25, 0.3) is 11.1 Å². The molecule has 2 N–H and O–H groups in total. The minimum Gasteiger partial charge on any atom is -0.457 e. The summed E-state index contributed by atoms with van der Waals surface area (Å²) in [7, 11) is 0. The van der Waals surface area contributed by atoms with Gasteiger partial charge in [0.2, 0.25) is 0 Å². The molecule has 0 heterocycles. The van der Waals surface area contributed by atoms with Crippen molar-refractivity contribution >= 4 is 5.69 Å². The molecule has 2 heteroatoms. The molecule has 3 rings (SSSR count). The van der Waals surface area contributed by atoms with Crippen molar-refractivity contribution in [2.75, 3.05) is 5.73 Å². The van der Waals surface area contributed by atoms with E-state index in [-0.39, 0.29) is 0 Å². The van der Waals surface area contributed by atoms with E-state index in [4.69, 9.17) is 10.5 Å². The molecule has 0 radical (unpaired) electrons. The third-order valence-corrected chi connectivity index (χ3v) is 3.08. The second-order valence-corrected chi connectivity index (χ2v) is 4.56. The van der Waals surface area contributed by atoms with Crippen LogP contribution >= 0.6 is 0 Å². The summed E-state index contributed by atoms with van der Waals surface area (Å²) in [6, 6.07) is 25.6. The molecule has 0 saturated heterocycles. The Bertz CT molecular complexity index is 673. The fraction of sp³-hybridized carbons (Fsp3) is 0. The monoisotopic (exact) mass is 261 g/mol. The average molecular weight is 261 g/mol. The molecule has 0 bridgehead atoms. The summed E-state index contributed by atoms with van der Waals surface area (Å²) in [5.74, 6) is 1.67. The van der Waals surface area contributed by atoms with Crippen LogP contribution in [0.15, 0.2) is 78.9 Å². The van der Waals surface area contributed by atoms with Gasteiger partial charge in [-0.05, 0) is 47.5 Å². The highest BCUT2D eigenvalue weighted by atomic mass is 16.5. The molecule has 3 aromatic carbocycles. The van der Waals surface area contributed by atoms with Crippen molar-refractivity contribution in [3.05, 3.63) is 78.9 Å². The minimum absolute atomic E-state index is 0.776. The molecule has 0 amide bonds. The maximum atomic E-state index is 5.77. The number of anilines is 1. The Hall–Kier alpha value is -2.74. The molecule has 0 aliphatic heterocycles. The summed E-state index contributed by atoms with van der Waals surface area (Å²) in [6.07, 6.45) is 0. The van der Waals surface area contributed by atoms with E-state index in [0.29, 0.717) is 0 Å². The van der Waals surface area contributed by atoms with Crippen molar-refractivity contribution in [2.45, 2.75) is 0 Å². The largest absolute Gasteiger partial charge is 0.457 e. The van der Waals surface area contributed by atoms with Crippen molar-refractivity contribution in [3.63, 3.8) is 0 Å². The van der Waals surface area contributed by atoms with E-state index in [1.807, 2.05) is 78.9 Å². The number of ether oxygens (including phenoxy) is 1. The number of hydrogen-bond donors (Lipinski definition) is 1. The Morgan fingerprint density at radius 1 is 0.550 bits per heavy atom. The summed E-state index contributed by atoms with van der Waals surface area (Å²) in [4.78, 5) is 0. The van der Waals surface area contributed by atoms with Gasteiger partial charge in [0.1, 0.15) is 11.5 Å². The SMILES string of the molecule is Nc1ccc(-c2ccc(Oc3ccccc3)cc2)cc1. The molecular formula is C18H15NO. The molecule has 0 aliphatic carbocycles. The van der Waals surface area contributed by atoms with Crippen LogP contribution in [-0.4, -0.2) is 0 Å². The standard InChI is InChI=1S/C18H15NO/c19-16-10-6-14(7-11-16)15-8-12-18(13-9-15)20-17-4-2-1-3-5-17/h1-13H,19H2. The van der Waals surface area contributed by atoms with E-state index in [0.717, 1.165) is 28.3 Å². The molecule has 20 heavy (non-hydrogen) atoms. The molecule has 0 aliphatic rings. The second-order valence-electron chi connectivity index (χ2n) is 4.56. The summed E-state index contributed by atoms with van der Waals surface area (Å²) in [5.41, 5.74) is 8.76. The molecule has 0 atom stereocenters. The van der Waals surface area contributed by atoms with Crippen LogP contribution in [0.2, 0.25) is 0 Å². The van der Waals surface area contributed by atoms with Gasteiger partial charge in [0.15, 0.2) is 0 Å². The quantitative estimate of drug-likeness (QED) is 0.692. The number of nitrogen functional groups attached to an aromatic ring is 1. The topological polar surface area (TPSA) is 35.2 Å². The maximum Gasteiger partial charge on any atom is 0.127 e. The van der Waals surface area contributed by atoms with Gasteiger partial charge in [0, 0.05) is 5.69 Å². The third-order valence-electron chi connectivity index (χ3n) is 3.08. The van der Waals surface area contributed by atoms with Gasteiger partial charge in [0.25, 0.3) is 0 Å². The van der Waals surface area contributed by atoms with E-state index in [2.05, 4.69) is 0 Å². The maximum absolute atomic E-state index is 5.77. The van der Waals surface area contributed by atoms with E-state index in [1.165, 1.54) is 0 Å². The van der Waals surface area contributed by atoms with Gasteiger partial charge in [0.05, 0.1) is 0 Å². The average Bonchev–Trinajstić information content (AvgIpc) is 2.50. The van der Waals surface area contributed by atoms with Gasteiger partial charge in [-0.1, -0.05) is 42.5 Å². The normalized spacial score (nSPS) is 10.2. The molecule has 2 nitrogen and oxygen atoms in total. The lowest BCUT2D eigenvalue weighted by Crippen LogP contribution is -1.85. The Morgan fingerprint density at radius 2 is 1.05 bits per heavy atom. The lowest BCUT2D eigenvalue weighted by atomic mass is 10.1. The van der Waals surface area contributed by atoms with Gasteiger partial charge in [-0.25, -0.2) is 0 Å². The van der Waals surface area contributed by atoms with Crippen molar-refractivity contribution in [1.29, 1.82) is 0 Å². The summed E-state index contributed by atoms with van der Waals surface area (Å²) < 4.78 is 5.77. The molecule has 0 aromatic heterocycles. The number of hydrogen-bond acceptors (Lipinski definition) is 2. The molecular weight excluding hydrogens is 246 g/mol. The van der Waals surface area contributed by atoms with Crippen LogP contribution in [-0.2, 0) is 0 Å². The van der Waals surface area contributed by atoms with E-state index in [9.17, 15) is 0 Å². The van der Waals surface area contributed by atoms with Crippen LogP contribution < -0.4 is 10.5 Å². The van der Waals surface area contributed by atoms with Crippen molar-refractivity contribution < 1.29 is 4.74 Å². The number of nitrogens with two attached hydrogens (primary N) is 1. The third kappa shape index (κ3) is 2.81. The Morgan fingerprint density at radius 3 is 1.65 bits per heavy atom. The Balaban J connectivity index is 1.79. The predicted octanol–water partition coefficient (Wildman–Crippen LogP) is 4.73. The van der Waals surface area contributed by atoms with Crippen molar-refractivity contribution in [2.24, 2.45) is 0 Å². The van der Waals surface area contributed by atoms with Crippen LogP contribution in [0.4, 0.5) is 5.69 Å². The first-order valence-corrected chi connectivity index (χ1v) is 6.50. The summed E-state index contributed by atoms with van der Waals surface area (Å²) in [6.45, 7) is 0. The highest BCUT2D eigenvalue weighted by Gasteiger charge is 1.99. The fourth-order valence-electron chi connectivity index (χ4n) is 2.02. The number of para-hydroxylation sites is 1. The molecule has 0 unspecified atom stereocenters.